The van der Waals surface area contributed by atoms with Gasteiger partial charge in [-0.1, -0.05) is 12.1 Å². The van der Waals surface area contributed by atoms with Gasteiger partial charge in [0.25, 0.3) is 0 Å². The molecule has 22 heavy (non-hydrogen) atoms. The molecule has 1 saturated carbocycles. The fourth-order valence-electron chi connectivity index (χ4n) is 2.55. The smallest absolute Gasteiger partial charge is 0.199 e. The van der Waals surface area contributed by atoms with Gasteiger partial charge in [0.2, 0.25) is 0 Å². The predicted octanol–water partition coefficient (Wildman–Crippen LogP) is 3.45. The molecule has 4 rings (SSSR count). The molecule has 1 aliphatic carbocycles. The van der Waals surface area contributed by atoms with Crippen LogP contribution in [0.15, 0.2) is 30.6 Å². The topological polar surface area (TPSA) is 38.9 Å². The van der Waals surface area contributed by atoms with Crippen LogP contribution in [0.1, 0.15) is 23.9 Å². The quantitative estimate of drug-likeness (QED) is 0.671. The zero-order valence-corrected chi connectivity index (χ0v) is 14.0. The van der Waals surface area contributed by atoms with Crippen molar-refractivity contribution in [1.29, 1.82) is 0 Å². The Hall–Kier alpha value is -1.57. The Balaban J connectivity index is 1.47. The molecule has 3 aromatic rings. The van der Waals surface area contributed by atoms with Crippen LogP contribution in [0, 0.1) is 4.77 Å². The second kappa shape index (κ2) is 5.57. The molecule has 0 amide bonds. The second-order valence-corrected chi connectivity index (χ2v) is 7.26. The van der Waals surface area contributed by atoms with E-state index in [2.05, 4.69) is 44.8 Å². The Bertz CT molecular complexity index is 825. The first kappa shape index (κ1) is 14.0. The van der Waals surface area contributed by atoms with E-state index in [1.165, 1.54) is 17.5 Å². The summed E-state index contributed by atoms with van der Waals surface area (Å²) in [4.78, 5) is 6.87. The number of thiazole rings is 1. The molecule has 0 N–H and O–H groups in total. The van der Waals surface area contributed by atoms with Crippen molar-refractivity contribution in [2.75, 3.05) is 7.05 Å². The van der Waals surface area contributed by atoms with E-state index in [0.717, 1.165) is 21.8 Å². The molecular formula is C15H17N5S2. The molecule has 0 bridgehead atoms. The molecule has 1 aliphatic rings. The summed E-state index contributed by atoms with van der Waals surface area (Å²) in [6.07, 6.45) is 4.31. The molecule has 5 nitrogen and oxygen atoms in total. The zero-order chi connectivity index (χ0) is 15.1. The van der Waals surface area contributed by atoms with Gasteiger partial charge in [-0.3, -0.25) is 4.90 Å². The molecule has 7 heteroatoms. The fourth-order valence-corrected chi connectivity index (χ4v) is 3.90. The Morgan fingerprint density at radius 2 is 2.18 bits per heavy atom. The molecule has 0 atom stereocenters. The molecule has 0 spiro atoms. The van der Waals surface area contributed by atoms with E-state index in [0.29, 0.717) is 12.7 Å². The third-order valence-corrected chi connectivity index (χ3v) is 5.26. The van der Waals surface area contributed by atoms with E-state index in [1.807, 2.05) is 17.1 Å². The van der Waals surface area contributed by atoms with Crippen molar-refractivity contribution in [2.24, 2.45) is 0 Å². The average molecular weight is 331 g/mol. The van der Waals surface area contributed by atoms with Crippen molar-refractivity contribution in [1.82, 2.24) is 24.2 Å². The van der Waals surface area contributed by atoms with Gasteiger partial charge in [0.15, 0.2) is 4.77 Å². The lowest BCUT2D eigenvalue weighted by atomic mass is 10.3. The summed E-state index contributed by atoms with van der Waals surface area (Å²) < 4.78 is 6.06. The minimum Gasteiger partial charge on any atom is -0.303 e. The van der Waals surface area contributed by atoms with Gasteiger partial charge in [-0.25, -0.2) is 9.67 Å². The maximum absolute atomic E-state index is 5.50. The second-order valence-electron chi connectivity index (χ2n) is 5.78. The van der Waals surface area contributed by atoms with Gasteiger partial charge >= 0.3 is 0 Å². The van der Waals surface area contributed by atoms with E-state index in [-0.39, 0.29) is 0 Å². The van der Waals surface area contributed by atoms with Crippen LogP contribution >= 0.6 is 23.6 Å². The summed E-state index contributed by atoms with van der Waals surface area (Å²) in [5.41, 5.74) is 1.07. The number of hydrogen-bond acceptors (Lipinski definition) is 5. The number of fused-ring (bicyclic) bond motifs is 1. The van der Waals surface area contributed by atoms with E-state index in [4.69, 9.17) is 12.2 Å². The number of para-hydroxylation sites is 1. The summed E-state index contributed by atoms with van der Waals surface area (Å²) in [5, 5.41) is 5.54. The van der Waals surface area contributed by atoms with Gasteiger partial charge in [0, 0.05) is 6.04 Å². The van der Waals surface area contributed by atoms with Crippen LogP contribution in [0.4, 0.5) is 0 Å². The van der Waals surface area contributed by atoms with Gasteiger partial charge < -0.3 is 4.57 Å². The van der Waals surface area contributed by atoms with Crippen molar-refractivity contribution in [3.63, 3.8) is 0 Å². The minimum absolute atomic E-state index is 0.579. The summed E-state index contributed by atoms with van der Waals surface area (Å²) in [7, 11) is 2.07. The Morgan fingerprint density at radius 1 is 1.36 bits per heavy atom. The number of rotatable bonds is 5. The van der Waals surface area contributed by atoms with Gasteiger partial charge in [0.1, 0.15) is 11.3 Å². The first-order chi connectivity index (χ1) is 10.7. The van der Waals surface area contributed by atoms with Crippen LogP contribution < -0.4 is 0 Å². The zero-order valence-electron chi connectivity index (χ0n) is 12.3. The predicted molar refractivity (Wildman–Crippen MR) is 90.4 cm³/mol. The summed E-state index contributed by atoms with van der Waals surface area (Å²) >= 11 is 7.25. The standard InChI is InChI=1S/C15H17N5S2/c1-18(8-14-17-12-4-2-3-5-13(12)22-14)10-20-15(21)19(9-16-20)11-6-7-11/h2-5,9,11H,6-8,10H2,1H3. The lowest BCUT2D eigenvalue weighted by molar-refractivity contribution is 0.243. The van der Waals surface area contributed by atoms with Gasteiger partial charge in [-0.05, 0) is 44.2 Å². The molecule has 0 aliphatic heterocycles. The molecular weight excluding hydrogens is 314 g/mol. The van der Waals surface area contributed by atoms with Crippen molar-refractivity contribution >= 4 is 33.8 Å². The monoisotopic (exact) mass is 331 g/mol. The van der Waals surface area contributed by atoms with Crippen LogP contribution in [0.3, 0.4) is 0 Å². The van der Waals surface area contributed by atoms with E-state index in [9.17, 15) is 0 Å². The van der Waals surface area contributed by atoms with E-state index >= 15 is 0 Å². The molecule has 1 fully saturated rings. The van der Waals surface area contributed by atoms with Crippen LogP contribution in [-0.4, -0.2) is 31.3 Å². The largest absolute Gasteiger partial charge is 0.303 e. The van der Waals surface area contributed by atoms with Crippen molar-refractivity contribution in [3.05, 3.63) is 40.4 Å². The summed E-state index contributed by atoms with van der Waals surface area (Å²) in [5.74, 6) is 0. The van der Waals surface area contributed by atoms with Crippen LogP contribution in [0.5, 0.6) is 0 Å². The average Bonchev–Trinajstić information content (AvgIpc) is 3.16. The number of benzene rings is 1. The number of aromatic nitrogens is 4. The lowest BCUT2D eigenvalue weighted by Crippen LogP contribution is -2.22. The fraction of sp³-hybridized carbons (Fsp3) is 0.400. The van der Waals surface area contributed by atoms with Crippen LogP contribution in [0.2, 0.25) is 0 Å². The highest BCUT2D eigenvalue weighted by Crippen LogP contribution is 2.34. The normalized spacial score (nSPS) is 15.0. The van der Waals surface area contributed by atoms with E-state index < -0.39 is 0 Å². The Labute approximate surface area is 137 Å². The molecule has 2 aromatic heterocycles. The van der Waals surface area contributed by atoms with Gasteiger partial charge in [0.05, 0.1) is 23.4 Å². The number of hydrogen-bond donors (Lipinski definition) is 0. The van der Waals surface area contributed by atoms with Crippen molar-refractivity contribution in [2.45, 2.75) is 32.1 Å². The summed E-state index contributed by atoms with van der Waals surface area (Å²) in [6, 6.07) is 8.83. The minimum atomic E-state index is 0.579. The molecule has 0 unspecified atom stereocenters. The molecule has 2 heterocycles. The molecule has 0 radical (unpaired) electrons. The maximum Gasteiger partial charge on any atom is 0.199 e. The highest BCUT2D eigenvalue weighted by molar-refractivity contribution is 7.71. The van der Waals surface area contributed by atoms with Crippen molar-refractivity contribution < 1.29 is 0 Å². The highest BCUT2D eigenvalue weighted by Gasteiger charge is 2.25. The number of nitrogens with zero attached hydrogens (tertiary/aromatic N) is 5. The molecule has 1 aromatic carbocycles. The van der Waals surface area contributed by atoms with Crippen LogP contribution in [0.25, 0.3) is 10.2 Å². The van der Waals surface area contributed by atoms with Gasteiger partial charge in [-0.2, -0.15) is 5.10 Å². The first-order valence-corrected chi connectivity index (χ1v) is 8.60. The summed E-state index contributed by atoms with van der Waals surface area (Å²) in [6.45, 7) is 1.49. The van der Waals surface area contributed by atoms with E-state index in [1.54, 1.807) is 11.3 Å². The highest BCUT2D eigenvalue weighted by atomic mass is 32.1. The first-order valence-electron chi connectivity index (χ1n) is 7.37. The van der Waals surface area contributed by atoms with Crippen molar-refractivity contribution in [3.8, 4) is 0 Å². The van der Waals surface area contributed by atoms with Gasteiger partial charge in [-0.15, -0.1) is 11.3 Å². The molecule has 114 valence electrons. The SMILES string of the molecule is CN(Cc1nc2ccccc2s1)Cn1ncn(C2CC2)c1=S. The lowest BCUT2D eigenvalue weighted by Gasteiger charge is -2.14. The van der Waals surface area contributed by atoms with Crippen LogP contribution in [-0.2, 0) is 13.2 Å². The maximum atomic E-state index is 5.50. The third-order valence-electron chi connectivity index (χ3n) is 3.82. The Kier molecular flexibility index (Phi) is 3.56. The third kappa shape index (κ3) is 2.71. The Morgan fingerprint density at radius 3 is 2.95 bits per heavy atom. The molecule has 0 saturated heterocycles.